The first-order valence-corrected chi connectivity index (χ1v) is 8.57. The molecule has 2 saturated heterocycles. The Bertz CT molecular complexity index is 602. The molecule has 2 fully saturated rings. The number of aromatic nitrogens is 1. The molecule has 1 atom stereocenters. The smallest absolute Gasteiger partial charge is 0.259 e. The Labute approximate surface area is 141 Å². The molecular formula is C17H25N3O4. The van der Waals surface area contributed by atoms with Gasteiger partial charge in [0.05, 0.1) is 11.7 Å². The maximum atomic E-state index is 12.8. The molecule has 0 aliphatic carbocycles. The highest BCUT2D eigenvalue weighted by Gasteiger charge is 2.37. The quantitative estimate of drug-likeness (QED) is 0.837. The topological polar surface area (TPSA) is 75.9 Å². The van der Waals surface area contributed by atoms with E-state index in [1.807, 2.05) is 9.80 Å². The van der Waals surface area contributed by atoms with Gasteiger partial charge in [-0.3, -0.25) is 9.59 Å². The van der Waals surface area contributed by atoms with Crippen molar-refractivity contribution in [2.45, 2.75) is 52.1 Å². The van der Waals surface area contributed by atoms with Crippen LogP contribution in [0.1, 0.15) is 48.0 Å². The Kier molecular flexibility index (Phi) is 4.89. The first-order chi connectivity index (χ1) is 11.5. The number of nitrogens with zero attached hydrogens (tertiary/aromatic N) is 3. The van der Waals surface area contributed by atoms with E-state index >= 15 is 0 Å². The highest BCUT2D eigenvalue weighted by atomic mass is 16.5. The Balaban J connectivity index is 1.71. The van der Waals surface area contributed by atoms with Crippen LogP contribution in [0.5, 0.6) is 0 Å². The van der Waals surface area contributed by atoms with Gasteiger partial charge in [-0.1, -0.05) is 5.16 Å². The van der Waals surface area contributed by atoms with Crippen LogP contribution in [0.25, 0.3) is 0 Å². The molecule has 7 heteroatoms. The zero-order chi connectivity index (χ0) is 17.3. The second-order valence-electron chi connectivity index (χ2n) is 6.66. The normalized spacial score (nSPS) is 22.0. The summed E-state index contributed by atoms with van der Waals surface area (Å²) >= 11 is 0. The van der Waals surface area contributed by atoms with Crippen molar-refractivity contribution in [3.8, 4) is 0 Å². The molecule has 0 N–H and O–H groups in total. The number of hydrogen-bond donors (Lipinski definition) is 0. The van der Waals surface area contributed by atoms with Crippen LogP contribution in [-0.4, -0.2) is 65.2 Å². The molecule has 1 aromatic heterocycles. The number of likely N-dealkylation sites (tertiary alicyclic amines) is 1. The Morgan fingerprint density at radius 3 is 2.46 bits per heavy atom. The van der Waals surface area contributed by atoms with E-state index in [1.165, 1.54) is 0 Å². The number of amides is 2. The molecule has 24 heavy (non-hydrogen) atoms. The van der Waals surface area contributed by atoms with Gasteiger partial charge in [-0.2, -0.15) is 0 Å². The molecule has 2 aliphatic rings. The van der Waals surface area contributed by atoms with Crippen LogP contribution >= 0.6 is 0 Å². The number of rotatable bonds is 3. The fourth-order valence-electron chi connectivity index (χ4n) is 3.88. The summed E-state index contributed by atoms with van der Waals surface area (Å²) in [5, 5.41) is 3.86. The second-order valence-corrected chi connectivity index (χ2v) is 6.66. The lowest BCUT2D eigenvalue weighted by molar-refractivity contribution is -0.135. The third kappa shape index (κ3) is 3.17. The first-order valence-electron chi connectivity index (χ1n) is 8.57. The standard InChI is InChI=1S/C17H25N3O4/c1-11-16(12(2)24-18-11)17(22)19-7-4-15(10-19)20(13(3)21)14-5-8-23-9-6-14/h14-15H,4-10H2,1-3H3. The van der Waals surface area contributed by atoms with Crippen molar-refractivity contribution < 1.29 is 18.8 Å². The molecule has 0 saturated carbocycles. The van der Waals surface area contributed by atoms with Gasteiger partial charge < -0.3 is 19.1 Å². The maximum Gasteiger partial charge on any atom is 0.259 e. The van der Waals surface area contributed by atoms with Gasteiger partial charge in [0.1, 0.15) is 11.3 Å². The highest BCUT2D eigenvalue weighted by Crippen LogP contribution is 2.25. The fourth-order valence-corrected chi connectivity index (χ4v) is 3.88. The summed E-state index contributed by atoms with van der Waals surface area (Å²) in [6, 6.07) is 0.297. The molecular weight excluding hydrogens is 310 g/mol. The molecule has 1 unspecified atom stereocenters. The number of ether oxygens (including phenoxy) is 1. The van der Waals surface area contributed by atoms with Crippen LogP contribution < -0.4 is 0 Å². The fraction of sp³-hybridized carbons (Fsp3) is 0.706. The van der Waals surface area contributed by atoms with E-state index in [2.05, 4.69) is 5.16 Å². The van der Waals surface area contributed by atoms with Crippen molar-refractivity contribution in [3.63, 3.8) is 0 Å². The van der Waals surface area contributed by atoms with Gasteiger partial charge in [0.15, 0.2) is 0 Å². The van der Waals surface area contributed by atoms with E-state index in [-0.39, 0.29) is 23.9 Å². The van der Waals surface area contributed by atoms with E-state index in [4.69, 9.17) is 9.26 Å². The molecule has 132 valence electrons. The van der Waals surface area contributed by atoms with Crippen molar-refractivity contribution in [1.82, 2.24) is 15.0 Å². The summed E-state index contributed by atoms with van der Waals surface area (Å²) in [6.07, 6.45) is 2.55. The maximum absolute atomic E-state index is 12.8. The lowest BCUT2D eigenvalue weighted by Gasteiger charge is -2.37. The zero-order valence-corrected chi connectivity index (χ0v) is 14.6. The molecule has 2 aliphatic heterocycles. The highest BCUT2D eigenvalue weighted by molar-refractivity contribution is 5.96. The van der Waals surface area contributed by atoms with Gasteiger partial charge in [-0.25, -0.2) is 0 Å². The molecule has 7 nitrogen and oxygen atoms in total. The summed E-state index contributed by atoms with van der Waals surface area (Å²) in [6.45, 7) is 7.77. The van der Waals surface area contributed by atoms with Crippen molar-refractivity contribution in [2.24, 2.45) is 0 Å². The minimum atomic E-state index is -0.0516. The van der Waals surface area contributed by atoms with Crippen molar-refractivity contribution in [1.29, 1.82) is 0 Å². The Morgan fingerprint density at radius 1 is 1.17 bits per heavy atom. The van der Waals surface area contributed by atoms with Gasteiger partial charge >= 0.3 is 0 Å². The number of carbonyl (C=O) groups excluding carboxylic acids is 2. The van der Waals surface area contributed by atoms with Crippen molar-refractivity contribution in [2.75, 3.05) is 26.3 Å². The summed E-state index contributed by atoms with van der Waals surface area (Å²) in [5.74, 6) is 0.580. The first kappa shape index (κ1) is 17.0. The van der Waals surface area contributed by atoms with Gasteiger partial charge in [0.2, 0.25) is 5.91 Å². The second kappa shape index (κ2) is 6.93. The lowest BCUT2D eigenvalue weighted by Crippen LogP contribution is -2.49. The number of aryl methyl sites for hydroxylation is 2. The van der Waals surface area contributed by atoms with Crippen molar-refractivity contribution in [3.05, 3.63) is 17.0 Å². The van der Waals surface area contributed by atoms with Crippen LogP contribution in [0, 0.1) is 13.8 Å². The van der Waals surface area contributed by atoms with E-state index in [1.54, 1.807) is 20.8 Å². The summed E-state index contributed by atoms with van der Waals surface area (Å²) < 4.78 is 10.5. The molecule has 3 heterocycles. The van der Waals surface area contributed by atoms with Crippen molar-refractivity contribution >= 4 is 11.8 Å². The van der Waals surface area contributed by atoms with Crippen LogP contribution in [0.3, 0.4) is 0 Å². The Hall–Kier alpha value is -1.89. The molecule has 2 amide bonds. The van der Waals surface area contributed by atoms with E-state index in [0.29, 0.717) is 43.3 Å². The Morgan fingerprint density at radius 2 is 1.88 bits per heavy atom. The van der Waals surface area contributed by atoms with Crippen LogP contribution in [0.2, 0.25) is 0 Å². The summed E-state index contributed by atoms with van der Waals surface area (Å²) in [5.41, 5.74) is 1.17. The van der Waals surface area contributed by atoms with Crippen LogP contribution in [-0.2, 0) is 9.53 Å². The van der Waals surface area contributed by atoms with E-state index in [0.717, 1.165) is 19.3 Å². The molecule has 0 aromatic carbocycles. The predicted octanol–water partition coefficient (Wildman–Crippen LogP) is 1.53. The van der Waals surface area contributed by atoms with E-state index in [9.17, 15) is 9.59 Å². The lowest BCUT2D eigenvalue weighted by atomic mass is 10.0. The minimum absolute atomic E-state index is 0.0516. The van der Waals surface area contributed by atoms with Gasteiger partial charge in [-0.05, 0) is 33.1 Å². The molecule has 0 spiro atoms. The largest absolute Gasteiger partial charge is 0.381 e. The molecule has 0 bridgehead atoms. The SMILES string of the molecule is CC(=O)N(C1CCOCC1)C1CCN(C(=O)c2c(C)noc2C)C1. The molecule has 1 aromatic rings. The van der Waals surface area contributed by atoms with E-state index < -0.39 is 0 Å². The van der Waals surface area contributed by atoms with Crippen LogP contribution in [0.15, 0.2) is 4.52 Å². The third-order valence-electron chi connectivity index (χ3n) is 5.04. The third-order valence-corrected chi connectivity index (χ3v) is 5.04. The zero-order valence-electron chi connectivity index (χ0n) is 14.6. The van der Waals surface area contributed by atoms with Gasteiger partial charge in [0, 0.05) is 39.3 Å². The minimum Gasteiger partial charge on any atom is -0.381 e. The number of hydrogen-bond acceptors (Lipinski definition) is 5. The average Bonchev–Trinajstić information content (AvgIpc) is 3.15. The molecule has 0 radical (unpaired) electrons. The summed E-state index contributed by atoms with van der Waals surface area (Å²) in [4.78, 5) is 28.8. The average molecular weight is 335 g/mol. The van der Waals surface area contributed by atoms with Crippen LogP contribution in [0.4, 0.5) is 0 Å². The number of carbonyl (C=O) groups is 2. The predicted molar refractivity (Wildman–Crippen MR) is 86.6 cm³/mol. The monoisotopic (exact) mass is 335 g/mol. The summed E-state index contributed by atoms with van der Waals surface area (Å²) in [7, 11) is 0. The van der Waals surface area contributed by atoms with Gasteiger partial charge in [-0.15, -0.1) is 0 Å². The van der Waals surface area contributed by atoms with Gasteiger partial charge in [0.25, 0.3) is 5.91 Å². The molecule has 3 rings (SSSR count).